The molecule has 104 valence electrons. The second kappa shape index (κ2) is 5.07. The zero-order valence-corrected chi connectivity index (χ0v) is 11.3. The van der Waals surface area contributed by atoms with Crippen molar-refractivity contribution in [2.45, 2.75) is 32.7 Å². The SMILES string of the molecule is CC(C)CN(c1cc(C(N)=O)c(N)cc1F)C1CC1. The van der Waals surface area contributed by atoms with E-state index in [1.54, 1.807) is 0 Å². The molecule has 0 spiro atoms. The molecule has 0 saturated heterocycles. The first-order valence-electron chi connectivity index (χ1n) is 6.55. The first kappa shape index (κ1) is 13.6. The molecule has 1 saturated carbocycles. The van der Waals surface area contributed by atoms with E-state index < -0.39 is 11.7 Å². The number of carbonyl (C=O) groups is 1. The Morgan fingerprint density at radius 3 is 2.58 bits per heavy atom. The average Bonchev–Trinajstić information content (AvgIpc) is 3.09. The number of hydrogen-bond acceptors (Lipinski definition) is 3. The minimum absolute atomic E-state index is 0.0917. The van der Waals surface area contributed by atoms with Crippen molar-refractivity contribution in [3.8, 4) is 0 Å². The monoisotopic (exact) mass is 265 g/mol. The summed E-state index contributed by atoms with van der Waals surface area (Å²) in [7, 11) is 0. The summed E-state index contributed by atoms with van der Waals surface area (Å²) >= 11 is 0. The Labute approximate surface area is 112 Å². The van der Waals surface area contributed by atoms with Gasteiger partial charge in [0.15, 0.2) is 0 Å². The molecule has 4 nitrogen and oxygen atoms in total. The van der Waals surface area contributed by atoms with Crippen molar-refractivity contribution in [2.24, 2.45) is 11.7 Å². The molecule has 19 heavy (non-hydrogen) atoms. The molecule has 5 heteroatoms. The summed E-state index contributed by atoms with van der Waals surface area (Å²) in [6.45, 7) is 4.92. The first-order valence-corrected chi connectivity index (χ1v) is 6.55. The van der Waals surface area contributed by atoms with Gasteiger partial charge >= 0.3 is 0 Å². The van der Waals surface area contributed by atoms with Crippen molar-refractivity contribution in [1.82, 2.24) is 0 Å². The van der Waals surface area contributed by atoms with Gasteiger partial charge in [-0.3, -0.25) is 4.79 Å². The Kier molecular flexibility index (Phi) is 3.64. The lowest BCUT2D eigenvalue weighted by Crippen LogP contribution is -2.31. The number of amides is 1. The minimum atomic E-state index is -0.626. The molecule has 0 heterocycles. The highest BCUT2D eigenvalue weighted by atomic mass is 19.1. The summed E-state index contributed by atoms with van der Waals surface area (Å²) in [6, 6.07) is 3.03. The van der Waals surface area contributed by atoms with E-state index in [4.69, 9.17) is 11.5 Å². The van der Waals surface area contributed by atoms with E-state index in [2.05, 4.69) is 13.8 Å². The fraction of sp³-hybridized carbons (Fsp3) is 0.500. The lowest BCUT2D eigenvalue weighted by molar-refractivity contribution is 0.100. The van der Waals surface area contributed by atoms with Gasteiger partial charge in [-0.15, -0.1) is 0 Å². The molecule has 1 amide bonds. The summed E-state index contributed by atoms with van der Waals surface area (Å²) in [5, 5.41) is 0. The number of benzene rings is 1. The molecule has 2 rings (SSSR count). The Morgan fingerprint density at radius 1 is 1.47 bits per heavy atom. The van der Waals surface area contributed by atoms with Crippen molar-refractivity contribution in [1.29, 1.82) is 0 Å². The third-order valence-electron chi connectivity index (χ3n) is 3.24. The van der Waals surface area contributed by atoms with Gasteiger partial charge in [0.2, 0.25) is 0 Å². The number of hydrogen-bond donors (Lipinski definition) is 2. The molecule has 0 aromatic heterocycles. The van der Waals surface area contributed by atoms with E-state index in [1.807, 2.05) is 4.90 Å². The summed E-state index contributed by atoms with van der Waals surface area (Å²) in [5.41, 5.74) is 11.6. The first-order chi connectivity index (χ1) is 8.90. The molecule has 0 aliphatic heterocycles. The topological polar surface area (TPSA) is 72.3 Å². The summed E-state index contributed by atoms with van der Waals surface area (Å²) < 4.78 is 14.1. The van der Waals surface area contributed by atoms with Crippen molar-refractivity contribution in [3.05, 3.63) is 23.5 Å². The summed E-state index contributed by atoms with van der Waals surface area (Å²) in [5.74, 6) is -0.608. The number of carbonyl (C=O) groups excluding carboxylic acids is 1. The number of nitrogens with two attached hydrogens (primary N) is 2. The molecule has 1 aromatic carbocycles. The highest BCUT2D eigenvalue weighted by molar-refractivity contribution is 5.99. The van der Waals surface area contributed by atoms with Crippen molar-refractivity contribution < 1.29 is 9.18 Å². The van der Waals surface area contributed by atoms with Gasteiger partial charge in [0.25, 0.3) is 5.91 Å². The zero-order valence-electron chi connectivity index (χ0n) is 11.3. The Hall–Kier alpha value is -1.78. The van der Waals surface area contributed by atoms with Gasteiger partial charge in [-0.1, -0.05) is 13.8 Å². The maximum atomic E-state index is 14.1. The van der Waals surface area contributed by atoms with E-state index in [0.717, 1.165) is 19.4 Å². The Balaban J connectivity index is 2.40. The van der Waals surface area contributed by atoms with Crippen LogP contribution in [-0.4, -0.2) is 18.5 Å². The number of anilines is 2. The van der Waals surface area contributed by atoms with Crippen LogP contribution in [0.4, 0.5) is 15.8 Å². The fourth-order valence-corrected chi connectivity index (χ4v) is 2.23. The minimum Gasteiger partial charge on any atom is -0.398 e. The number of halogens is 1. The number of nitrogens with zero attached hydrogens (tertiary/aromatic N) is 1. The average molecular weight is 265 g/mol. The largest absolute Gasteiger partial charge is 0.398 e. The third kappa shape index (κ3) is 2.97. The van der Waals surface area contributed by atoms with Crippen molar-refractivity contribution >= 4 is 17.3 Å². The van der Waals surface area contributed by atoms with Crippen LogP contribution < -0.4 is 16.4 Å². The fourth-order valence-electron chi connectivity index (χ4n) is 2.23. The van der Waals surface area contributed by atoms with Crippen molar-refractivity contribution in [3.63, 3.8) is 0 Å². The van der Waals surface area contributed by atoms with Gasteiger partial charge in [0.05, 0.1) is 11.3 Å². The van der Waals surface area contributed by atoms with Crippen LogP contribution >= 0.6 is 0 Å². The molecule has 0 bridgehead atoms. The lowest BCUT2D eigenvalue weighted by Gasteiger charge is -2.27. The molecule has 1 aliphatic carbocycles. The molecule has 0 atom stereocenters. The van der Waals surface area contributed by atoms with E-state index in [0.29, 0.717) is 17.6 Å². The maximum Gasteiger partial charge on any atom is 0.250 e. The maximum absolute atomic E-state index is 14.1. The second-order valence-corrected chi connectivity index (χ2v) is 5.53. The normalized spacial score (nSPS) is 14.7. The van der Waals surface area contributed by atoms with Crippen LogP contribution in [0.3, 0.4) is 0 Å². The lowest BCUT2D eigenvalue weighted by atomic mass is 10.1. The van der Waals surface area contributed by atoms with Gasteiger partial charge in [-0.25, -0.2) is 4.39 Å². The molecule has 1 aromatic rings. The van der Waals surface area contributed by atoms with E-state index >= 15 is 0 Å². The summed E-state index contributed by atoms with van der Waals surface area (Å²) in [6.07, 6.45) is 2.12. The second-order valence-electron chi connectivity index (χ2n) is 5.53. The van der Waals surface area contributed by atoms with Gasteiger partial charge in [0.1, 0.15) is 5.82 Å². The zero-order chi connectivity index (χ0) is 14.2. The number of rotatable bonds is 5. The number of nitrogen functional groups attached to an aromatic ring is 1. The van der Waals surface area contributed by atoms with Crippen LogP contribution in [-0.2, 0) is 0 Å². The molecule has 1 fully saturated rings. The van der Waals surface area contributed by atoms with E-state index in [9.17, 15) is 9.18 Å². The molecule has 4 N–H and O–H groups in total. The smallest absolute Gasteiger partial charge is 0.250 e. The molecular formula is C14H20FN3O. The Morgan fingerprint density at radius 2 is 2.11 bits per heavy atom. The van der Waals surface area contributed by atoms with Gasteiger partial charge < -0.3 is 16.4 Å². The van der Waals surface area contributed by atoms with Crippen LogP contribution in [0.2, 0.25) is 0 Å². The van der Waals surface area contributed by atoms with Crippen LogP contribution in [0.5, 0.6) is 0 Å². The van der Waals surface area contributed by atoms with Crippen LogP contribution in [0, 0.1) is 11.7 Å². The van der Waals surface area contributed by atoms with Crippen molar-refractivity contribution in [2.75, 3.05) is 17.2 Å². The molecule has 1 aliphatic rings. The molecular weight excluding hydrogens is 245 g/mol. The highest BCUT2D eigenvalue weighted by Crippen LogP contribution is 2.35. The van der Waals surface area contributed by atoms with Gasteiger partial charge in [0, 0.05) is 18.3 Å². The number of primary amides is 1. The van der Waals surface area contributed by atoms with Crippen LogP contribution in [0.15, 0.2) is 12.1 Å². The predicted octanol–water partition coefficient (Wildman–Crippen LogP) is 2.13. The van der Waals surface area contributed by atoms with E-state index in [1.165, 1.54) is 12.1 Å². The molecule has 0 radical (unpaired) electrons. The Bertz CT molecular complexity index is 498. The van der Waals surface area contributed by atoms with Gasteiger partial charge in [-0.2, -0.15) is 0 Å². The predicted molar refractivity (Wildman–Crippen MR) is 74.5 cm³/mol. The van der Waals surface area contributed by atoms with Crippen LogP contribution in [0.1, 0.15) is 37.0 Å². The van der Waals surface area contributed by atoms with Gasteiger partial charge in [-0.05, 0) is 30.9 Å². The quantitative estimate of drug-likeness (QED) is 0.801. The van der Waals surface area contributed by atoms with E-state index in [-0.39, 0.29) is 11.3 Å². The summed E-state index contributed by atoms with van der Waals surface area (Å²) in [4.78, 5) is 13.3. The highest BCUT2D eigenvalue weighted by Gasteiger charge is 2.31. The third-order valence-corrected chi connectivity index (χ3v) is 3.24. The standard InChI is InChI=1S/C14H20FN3O/c1-8(2)7-18(9-3-4-9)13-5-10(14(17)19)12(16)6-11(13)15/h5-6,8-9H,3-4,7,16H2,1-2H3,(H2,17,19). The molecule has 0 unspecified atom stereocenters. The van der Waals surface area contributed by atoms with Crippen LogP contribution in [0.25, 0.3) is 0 Å².